The molecule has 0 nitrogen and oxygen atoms in total. The van der Waals surface area contributed by atoms with Gasteiger partial charge >= 0.3 is 0 Å². The Morgan fingerprint density at radius 3 is 1.57 bits per heavy atom. The molecule has 4 unspecified atom stereocenters. The van der Waals surface area contributed by atoms with Crippen molar-refractivity contribution in [3.8, 4) is 0 Å². The van der Waals surface area contributed by atoms with Crippen molar-refractivity contribution in [1.82, 2.24) is 0 Å². The van der Waals surface area contributed by atoms with E-state index < -0.39 is 37.4 Å². The summed E-state index contributed by atoms with van der Waals surface area (Å²) in [6, 6.07) is 0. The smallest absolute Gasteiger partial charge is 0.241 e. The van der Waals surface area contributed by atoms with Crippen LogP contribution in [-0.4, -0.2) is 31.1 Å². The fourth-order valence-corrected chi connectivity index (χ4v) is 0.666. The third-order valence-electron chi connectivity index (χ3n) is 1.41. The number of rotatable bonds is 5. The fourth-order valence-electron chi connectivity index (χ4n) is 0.666. The monoisotopic (exact) mass is 224 g/mol. The molecule has 84 valence electrons. The van der Waals surface area contributed by atoms with Gasteiger partial charge in [-0.05, 0) is 6.08 Å². The lowest BCUT2D eigenvalue weighted by molar-refractivity contribution is -0.0342. The van der Waals surface area contributed by atoms with Crippen molar-refractivity contribution in [2.24, 2.45) is 0 Å². The molecule has 7 heteroatoms. The molecule has 0 fully saturated rings. The summed E-state index contributed by atoms with van der Waals surface area (Å²) in [5, 5.41) is 0. The Morgan fingerprint density at radius 2 is 1.21 bits per heavy atom. The van der Waals surface area contributed by atoms with E-state index in [1.54, 1.807) is 0 Å². The maximum atomic E-state index is 12.4. The highest BCUT2D eigenvalue weighted by atomic mass is 19.3. The minimum Gasteiger partial charge on any atom is -0.241 e. The summed E-state index contributed by atoms with van der Waals surface area (Å²) in [6.45, 7) is 0. The van der Waals surface area contributed by atoms with Gasteiger partial charge in [0.2, 0.25) is 0 Å². The largest absolute Gasteiger partial charge is 0.272 e. The SMILES string of the molecule is FC=CC(F)C(F)C(F)C(F)C(F)F. The molecular formula is C7H7F7. The maximum Gasteiger partial charge on any atom is 0.272 e. The van der Waals surface area contributed by atoms with Crippen LogP contribution in [0.25, 0.3) is 0 Å². The molecule has 0 rings (SSSR count). The third kappa shape index (κ3) is 3.55. The molecule has 0 aliphatic heterocycles. The molecule has 0 saturated heterocycles. The molecular weight excluding hydrogens is 217 g/mol. The summed E-state index contributed by atoms with van der Waals surface area (Å²) < 4.78 is 83.5. The summed E-state index contributed by atoms with van der Waals surface area (Å²) >= 11 is 0. The molecule has 4 atom stereocenters. The van der Waals surface area contributed by atoms with Gasteiger partial charge in [0.25, 0.3) is 6.43 Å². The predicted molar refractivity (Wildman–Crippen MR) is 35.8 cm³/mol. The molecule has 0 aromatic rings. The summed E-state index contributed by atoms with van der Waals surface area (Å²) in [4.78, 5) is 0. The van der Waals surface area contributed by atoms with Crippen LogP contribution in [-0.2, 0) is 0 Å². The Balaban J connectivity index is 4.30. The number of alkyl halides is 6. The van der Waals surface area contributed by atoms with Crippen molar-refractivity contribution in [2.45, 2.75) is 31.1 Å². The Hall–Kier alpha value is -0.750. The number of halogens is 7. The Bertz CT molecular complexity index is 181. The molecule has 0 aromatic heterocycles. The van der Waals surface area contributed by atoms with Gasteiger partial charge in [0.1, 0.15) is 0 Å². The highest BCUT2D eigenvalue weighted by Gasteiger charge is 2.39. The lowest BCUT2D eigenvalue weighted by Gasteiger charge is -2.17. The van der Waals surface area contributed by atoms with Gasteiger partial charge < -0.3 is 0 Å². The molecule has 0 saturated carbocycles. The third-order valence-corrected chi connectivity index (χ3v) is 1.41. The van der Waals surface area contributed by atoms with Crippen LogP contribution in [0.5, 0.6) is 0 Å². The zero-order valence-electron chi connectivity index (χ0n) is 6.69. The van der Waals surface area contributed by atoms with Crippen LogP contribution in [0, 0.1) is 0 Å². The van der Waals surface area contributed by atoms with Gasteiger partial charge in [-0.2, -0.15) is 0 Å². The van der Waals surface area contributed by atoms with E-state index in [9.17, 15) is 30.7 Å². The second-order valence-electron chi connectivity index (χ2n) is 2.43. The number of allylic oxidation sites excluding steroid dienone is 1. The van der Waals surface area contributed by atoms with E-state index in [0.717, 1.165) is 0 Å². The second kappa shape index (κ2) is 5.87. The first-order valence-electron chi connectivity index (χ1n) is 3.53. The van der Waals surface area contributed by atoms with Crippen molar-refractivity contribution in [2.75, 3.05) is 0 Å². The fraction of sp³-hybridized carbons (Fsp3) is 0.714. The van der Waals surface area contributed by atoms with E-state index in [1.807, 2.05) is 0 Å². The van der Waals surface area contributed by atoms with Crippen LogP contribution >= 0.6 is 0 Å². The summed E-state index contributed by atoms with van der Waals surface area (Å²) in [5.74, 6) is 0. The second-order valence-corrected chi connectivity index (χ2v) is 2.43. The summed E-state index contributed by atoms with van der Waals surface area (Å²) in [5.41, 5.74) is 0. The average molecular weight is 224 g/mol. The van der Waals surface area contributed by atoms with Crippen molar-refractivity contribution >= 4 is 0 Å². The van der Waals surface area contributed by atoms with E-state index in [1.165, 1.54) is 0 Å². The van der Waals surface area contributed by atoms with Gasteiger partial charge in [-0.3, -0.25) is 0 Å². The van der Waals surface area contributed by atoms with E-state index in [-0.39, 0.29) is 6.08 Å². The van der Waals surface area contributed by atoms with Gasteiger partial charge in [-0.15, -0.1) is 0 Å². The van der Waals surface area contributed by atoms with E-state index >= 15 is 0 Å². The lowest BCUT2D eigenvalue weighted by Crippen LogP contribution is -2.37. The average Bonchev–Trinajstić information content (AvgIpc) is 2.14. The van der Waals surface area contributed by atoms with Crippen molar-refractivity contribution < 1.29 is 30.7 Å². The van der Waals surface area contributed by atoms with Gasteiger partial charge in [0.05, 0.1) is 6.33 Å². The molecule has 14 heavy (non-hydrogen) atoms. The first kappa shape index (κ1) is 13.2. The molecule has 0 heterocycles. The Kier molecular flexibility index (Phi) is 5.56. The quantitative estimate of drug-likeness (QED) is 0.629. The van der Waals surface area contributed by atoms with Crippen molar-refractivity contribution in [3.63, 3.8) is 0 Å². The Labute approximate surface area is 75.4 Å². The molecule has 0 N–H and O–H groups in total. The van der Waals surface area contributed by atoms with Crippen LogP contribution in [0.3, 0.4) is 0 Å². The normalized spacial score (nSPS) is 21.1. The van der Waals surface area contributed by atoms with Crippen LogP contribution in [0.2, 0.25) is 0 Å². The number of hydrogen-bond acceptors (Lipinski definition) is 0. The standard InChI is InChI=1S/C7H7F7/c8-2-1-3(9)4(10)5(11)6(12)7(13)14/h1-7H. The van der Waals surface area contributed by atoms with Crippen LogP contribution in [0.1, 0.15) is 0 Å². The highest BCUT2D eigenvalue weighted by Crippen LogP contribution is 2.22. The maximum absolute atomic E-state index is 12.4. The van der Waals surface area contributed by atoms with Crippen molar-refractivity contribution in [3.05, 3.63) is 12.4 Å². The van der Waals surface area contributed by atoms with Gasteiger partial charge in [-0.1, -0.05) is 0 Å². The molecule has 0 aromatic carbocycles. The van der Waals surface area contributed by atoms with Crippen LogP contribution in [0.4, 0.5) is 30.7 Å². The minimum absolute atomic E-state index is 0.0323. The molecule has 0 aliphatic carbocycles. The van der Waals surface area contributed by atoms with Gasteiger partial charge in [0.15, 0.2) is 24.7 Å². The molecule has 0 amide bonds. The summed E-state index contributed by atoms with van der Waals surface area (Å²) in [7, 11) is 0. The number of hydrogen-bond donors (Lipinski definition) is 0. The molecule has 0 radical (unpaired) electrons. The van der Waals surface area contributed by atoms with Gasteiger partial charge in [-0.25, -0.2) is 30.7 Å². The topological polar surface area (TPSA) is 0 Å². The first-order valence-corrected chi connectivity index (χ1v) is 3.53. The summed E-state index contributed by atoms with van der Waals surface area (Å²) in [6.07, 6.45) is -16.9. The van der Waals surface area contributed by atoms with Crippen LogP contribution in [0.15, 0.2) is 12.4 Å². The molecule has 0 bridgehead atoms. The molecule has 0 spiro atoms. The predicted octanol–water partition coefficient (Wildman–Crippen LogP) is 3.09. The lowest BCUT2D eigenvalue weighted by atomic mass is 10.1. The van der Waals surface area contributed by atoms with Gasteiger partial charge in [0, 0.05) is 0 Å². The van der Waals surface area contributed by atoms with E-state index in [4.69, 9.17) is 0 Å². The van der Waals surface area contributed by atoms with Crippen molar-refractivity contribution in [1.29, 1.82) is 0 Å². The minimum atomic E-state index is -3.75. The van der Waals surface area contributed by atoms with E-state index in [0.29, 0.717) is 0 Å². The Morgan fingerprint density at radius 1 is 0.714 bits per heavy atom. The molecule has 0 aliphatic rings. The zero-order valence-corrected chi connectivity index (χ0v) is 6.69. The first-order chi connectivity index (χ1) is 6.41. The highest BCUT2D eigenvalue weighted by molar-refractivity contribution is 4.93. The zero-order chi connectivity index (χ0) is 11.3. The van der Waals surface area contributed by atoms with Crippen LogP contribution < -0.4 is 0 Å². The van der Waals surface area contributed by atoms with E-state index in [2.05, 4.69) is 0 Å².